The lowest BCUT2D eigenvalue weighted by Crippen LogP contribution is -2.09. The van der Waals surface area contributed by atoms with Crippen molar-refractivity contribution in [3.63, 3.8) is 0 Å². The molecule has 0 spiro atoms. The van der Waals surface area contributed by atoms with Gasteiger partial charge < -0.3 is 10.5 Å². The first-order valence-electron chi connectivity index (χ1n) is 5.30. The number of hydrogen-bond donors (Lipinski definition) is 1. The predicted octanol–water partition coefficient (Wildman–Crippen LogP) is 2.50. The van der Waals surface area contributed by atoms with E-state index in [-0.39, 0.29) is 11.7 Å². The van der Waals surface area contributed by atoms with E-state index in [1.165, 1.54) is 13.2 Å². The lowest BCUT2D eigenvalue weighted by atomic mass is 9.97. The van der Waals surface area contributed by atoms with Gasteiger partial charge in [-0.25, -0.2) is 8.78 Å². The minimum Gasteiger partial charge on any atom is -0.494 e. The molecule has 1 rings (SSSR count). The van der Waals surface area contributed by atoms with Gasteiger partial charge in [0, 0.05) is 6.07 Å². The summed E-state index contributed by atoms with van der Waals surface area (Å²) in [6, 6.07) is 2.28. The maximum absolute atomic E-state index is 13.5. The molecule has 0 aliphatic carbocycles. The maximum atomic E-state index is 13.5. The quantitative estimate of drug-likeness (QED) is 0.842. The molecule has 0 aliphatic rings. The largest absolute Gasteiger partial charge is 0.494 e. The molecule has 0 aliphatic heterocycles. The molecular weight excluding hydrogens is 212 g/mol. The molecule has 0 saturated carbocycles. The van der Waals surface area contributed by atoms with Crippen molar-refractivity contribution in [3.8, 4) is 5.75 Å². The first kappa shape index (κ1) is 12.9. The summed E-state index contributed by atoms with van der Waals surface area (Å²) in [5.74, 6) is -0.777. The van der Waals surface area contributed by atoms with Gasteiger partial charge in [-0.2, -0.15) is 0 Å². The minimum absolute atomic E-state index is 0.0623. The van der Waals surface area contributed by atoms with E-state index in [1.807, 2.05) is 6.92 Å². The lowest BCUT2D eigenvalue weighted by molar-refractivity contribution is 0.381. The second-order valence-corrected chi connectivity index (χ2v) is 3.96. The summed E-state index contributed by atoms with van der Waals surface area (Å²) < 4.78 is 31.6. The first-order chi connectivity index (χ1) is 7.58. The fraction of sp³-hybridized carbons (Fsp3) is 0.500. The van der Waals surface area contributed by atoms with Gasteiger partial charge in [-0.15, -0.1) is 0 Å². The van der Waals surface area contributed by atoms with Crippen molar-refractivity contribution in [2.24, 2.45) is 11.7 Å². The zero-order chi connectivity index (χ0) is 12.1. The van der Waals surface area contributed by atoms with Crippen molar-refractivity contribution >= 4 is 0 Å². The highest BCUT2D eigenvalue weighted by molar-refractivity contribution is 5.31. The van der Waals surface area contributed by atoms with Gasteiger partial charge in [-0.05, 0) is 36.9 Å². The van der Waals surface area contributed by atoms with Crippen LogP contribution in [0.2, 0.25) is 0 Å². The van der Waals surface area contributed by atoms with E-state index in [2.05, 4.69) is 0 Å². The summed E-state index contributed by atoms with van der Waals surface area (Å²) >= 11 is 0. The molecule has 1 unspecified atom stereocenters. The number of benzene rings is 1. The summed E-state index contributed by atoms with van der Waals surface area (Å²) in [6.07, 6.45) is 1.29. The van der Waals surface area contributed by atoms with Crippen molar-refractivity contribution in [2.75, 3.05) is 13.7 Å². The highest BCUT2D eigenvalue weighted by Gasteiger charge is 2.12. The standard InChI is InChI=1S/C12H17F2NO/c1-8(3-4-15)5-9-6-11(14)12(16-2)7-10(9)13/h6-8H,3-5,15H2,1-2H3. The van der Waals surface area contributed by atoms with E-state index in [0.29, 0.717) is 18.5 Å². The predicted molar refractivity (Wildman–Crippen MR) is 59.4 cm³/mol. The highest BCUT2D eigenvalue weighted by Crippen LogP contribution is 2.23. The number of ether oxygens (including phenoxy) is 1. The Morgan fingerprint density at radius 3 is 2.56 bits per heavy atom. The van der Waals surface area contributed by atoms with Crippen molar-refractivity contribution in [1.82, 2.24) is 0 Å². The maximum Gasteiger partial charge on any atom is 0.165 e. The Hall–Kier alpha value is -1.16. The topological polar surface area (TPSA) is 35.2 Å². The molecule has 0 bridgehead atoms. The summed E-state index contributed by atoms with van der Waals surface area (Å²) in [5.41, 5.74) is 5.78. The van der Waals surface area contributed by atoms with Gasteiger partial charge >= 0.3 is 0 Å². The van der Waals surface area contributed by atoms with E-state index in [4.69, 9.17) is 10.5 Å². The fourth-order valence-corrected chi connectivity index (χ4v) is 1.64. The van der Waals surface area contributed by atoms with Crippen molar-refractivity contribution in [1.29, 1.82) is 0 Å². The van der Waals surface area contributed by atoms with Crippen LogP contribution in [0, 0.1) is 17.6 Å². The summed E-state index contributed by atoms with van der Waals surface area (Å²) in [7, 11) is 1.31. The average Bonchev–Trinajstić information content (AvgIpc) is 2.23. The van der Waals surface area contributed by atoms with E-state index in [1.54, 1.807) is 0 Å². The Labute approximate surface area is 94.4 Å². The summed E-state index contributed by atoms with van der Waals surface area (Å²) in [5, 5.41) is 0. The number of nitrogens with two attached hydrogens (primary N) is 1. The smallest absolute Gasteiger partial charge is 0.165 e. The van der Waals surface area contributed by atoms with Crippen LogP contribution in [-0.2, 0) is 6.42 Å². The molecule has 2 N–H and O–H groups in total. The van der Waals surface area contributed by atoms with Gasteiger partial charge in [0.15, 0.2) is 11.6 Å². The molecule has 0 aromatic heterocycles. The molecule has 90 valence electrons. The molecule has 0 heterocycles. The number of halogens is 2. The molecule has 1 aromatic carbocycles. The zero-order valence-corrected chi connectivity index (χ0v) is 9.59. The molecule has 0 saturated heterocycles. The van der Waals surface area contributed by atoms with Crippen molar-refractivity contribution < 1.29 is 13.5 Å². The Bertz CT molecular complexity index is 355. The average molecular weight is 229 g/mol. The number of hydrogen-bond acceptors (Lipinski definition) is 2. The van der Waals surface area contributed by atoms with Gasteiger partial charge in [-0.1, -0.05) is 6.92 Å². The Morgan fingerprint density at radius 2 is 2.00 bits per heavy atom. The van der Waals surface area contributed by atoms with Crippen molar-refractivity contribution in [3.05, 3.63) is 29.3 Å². The molecule has 1 atom stereocenters. The third kappa shape index (κ3) is 3.17. The lowest BCUT2D eigenvalue weighted by Gasteiger charge is -2.12. The molecule has 1 aromatic rings. The summed E-state index contributed by atoms with van der Waals surface area (Å²) in [6.45, 7) is 2.52. The second kappa shape index (κ2) is 5.80. The van der Waals surface area contributed by atoms with E-state index >= 15 is 0 Å². The highest BCUT2D eigenvalue weighted by atomic mass is 19.1. The van der Waals surface area contributed by atoms with Gasteiger partial charge in [-0.3, -0.25) is 0 Å². The van der Waals surface area contributed by atoms with Crippen LogP contribution in [0.15, 0.2) is 12.1 Å². The molecular formula is C12H17F2NO. The van der Waals surface area contributed by atoms with Crippen LogP contribution in [0.3, 0.4) is 0 Å². The normalized spacial score (nSPS) is 12.6. The fourth-order valence-electron chi connectivity index (χ4n) is 1.64. The van der Waals surface area contributed by atoms with Gasteiger partial charge in [0.25, 0.3) is 0 Å². The van der Waals surface area contributed by atoms with Crippen molar-refractivity contribution in [2.45, 2.75) is 19.8 Å². The minimum atomic E-state index is -0.529. The Kier molecular flexibility index (Phi) is 4.68. The van der Waals surface area contributed by atoms with Gasteiger partial charge in [0.05, 0.1) is 7.11 Å². The second-order valence-electron chi connectivity index (χ2n) is 3.96. The number of methoxy groups -OCH3 is 1. The summed E-state index contributed by atoms with van der Waals surface area (Å²) in [4.78, 5) is 0. The SMILES string of the molecule is COc1cc(F)c(CC(C)CCN)cc1F. The van der Waals surface area contributed by atoms with Crippen LogP contribution in [0.4, 0.5) is 8.78 Å². The van der Waals surface area contributed by atoms with E-state index < -0.39 is 11.6 Å². The monoisotopic (exact) mass is 229 g/mol. The van der Waals surface area contributed by atoms with Gasteiger partial charge in [0.1, 0.15) is 5.82 Å². The third-order valence-electron chi connectivity index (χ3n) is 2.55. The molecule has 0 fully saturated rings. The van der Waals surface area contributed by atoms with Crippen LogP contribution in [0.5, 0.6) is 5.75 Å². The van der Waals surface area contributed by atoms with Gasteiger partial charge in [0.2, 0.25) is 0 Å². The number of rotatable bonds is 5. The van der Waals surface area contributed by atoms with Crippen LogP contribution in [-0.4, -0.2) is 13.7 Å². The third-order valence-corrected chi connectivity index (χ3v) is 2.55. The van der Waals surface area contributed by atoms with E-state index in [9.17, 15) is 8.78 Å². The van der Waals surface area contributed by atoms with Crippen LogP contribution in [0.25, 0.3) is 0 Å². The van der Waals surface area contributed by atoms with Crippen LogP contribution in [0.1, 0.15) is 18.9 Å². The first-order valence-corrected chi connectivity index (χ1v) is 5.30. The Balaban J connectivity index is 2.85. The Morgan fingerprint density at radius 1 is 1.31 bits per heavy atom. The van der Waals surface area contributed by atoms with Crippen LogP contribution >= 0.6 is 0 Å². The molecule has 2 nitrogen and oxygen atoms in total. The zero-order valence-electron chi connectivity index (χ0n) is 9.59. The molecule has 4 heteroatoms. The molecule has 16 heavy (non-hydrogen) atoms. The van der Waals surface area contributed by atoms with E-state index in [0.717, 1.165) is 12.5 Å². The van der Waals surface area contributed by atoms with Crippen LogP contribution < -0.4 is 10.5 Å². The molecule has 0 amide bonds. The molecule has 0 radical (unpaired) electrons.